The van der Waals surface area contributed by atoms with Crippen LogP contribution < -0.4 is 15.1 Å². The highest BCUT2D eigenvalue weighted by molar-refractivity contribution is 5.84. The lowest BCUT2D eigenvalue weighted by molar-refractivity contribution is -0.132. The Morgan fingerprint density at radius 3 is 2.77 bits per heavy atom. The van der Waals surface area contributed by atoms with Gasteiger partial charge < -0.3 is 24.8 Å². The number of carbonyl (C=O) groups excluding carboxylic acids is 1. The second-order valence-electron chi connectivity index (χ2n) is 7.31. The van der Waals surface area contributed by atoms with Crippen LogP contribution in [0.25, 0.3) is 0 Å². The number of rotatable bonds is 2. The molecule has 2 saturated heterocycles. The molecular formula is C18H28N6O2. The summed E-state index contributed by atoms with van der Waals surface area (Å²) in [4.78, 5) is 28.4. The van der Waals surface area contributed by atoms with E-state index in [9.17, 15) is 4.79 Å². The molecule has 2 fully saturated rings. The molecule has 0 saturated carbocycles. The van der Waals surface area contributed by atoms with Crippen LogP contribution in [0.4, 0.5) is 11.6 Å². The molecular weight excluding hydrogens is 332 g/mol. The molecule has 8 nitrogen and oxygen atoms in total. The second-order valence-corrected chi connectivity index (χ2v) is 7.31. The highest BCUT2D eigenvalue weighted by Gasteiger charge is 2.32. The van der Waals surface area contributed by atoms with Crippen LogP contribution in [0.15, 0.2) is 6.33 Å². The summed E-state index contributed by atoms with van der Waals surface area (Å²) in [5, 5.41) is 3.44. The fraction of sp³-hybridized carbons (Fsp3) is 0.722. The van der Waals surface area contributed by atoms with Crippen molar-refractivity contribution in [1.82, 2.24) is 20.2 Å². The molecule has 3 aliphatic heterocycles. The third kappa shape index (κ3) is 3.48. The molecule has 1 aromatic heterocycles. The topological polar surface area (TPSA) is 73.8 Å². The van der Waals surface area contributed by atoms with Gasteiger partial charge in [0.15, 0.2) is 0 Å². The van der Waals surface area contributed by atoms with Gasteiger partial charge in [0.05, 0.1) is 31.9 Å². The van der Waals surface area contributed by atoms with E-state index in [1.165, 1.54) is 0 Å². The van der Waals surface area contributed by atoms with Crippen molar-refractivity contribution in [3.8, 4) is 0 Å². The summed E-state index contributed by atoms with van der Waals surface area (Å²) >= 11 is 0. The smallest absolute Gasteiger partial charge is 0.242 e. The van der Waals surface area contributed by atoms with Crippen LogP contribution in [0.3, 0.4) is 0 Å². The van der Waals surface area contributed by atoms with Gasteiger partial charge in [-0.2, -0.15) is 0 Å². The first-order valence-corrected chi connectivity index (χ1v) is 9.62. The minimum absolute atomic E-state index is 0.185. The number of nitrogens with one attached hydrogen (secondary N) is 1. The third-order valence-corrected chi connectivity index (χ3v) is 5.58. The van der Waals surface area contributed by atoms with E-state index >= 15 is 0 Å². The SMILES string of the molecule is CN1CC(=O)N(C2CCCNCC2)Cc2c1ncnc2N1CCOCC1. The number of amides is 1. The highest BCUT2D eigenvalue weighted by atomic mass is 16.5. The summed E-state index contributed by atoms with van der Waals surface area (Å²) in [7, 11) is 1.95. The van der Waals surface area contributed by atoms with Gasteiger partial charge in [0.1, 0.15) is 18.0 Å². The summed E-state index contributed by atoms with van der Waals surface area (Å²) in [5.41, 5.74) is 1.07. The van der Waals surface area contributed by atoms with Crippen LogP contribution in [0.2, 0.25) is 0 Å². The predicted molar refractivity (Wildman–Crippen MR) is 99.4 cm³/mol. The van der Waals surface area contributed by atoms with Crippen molar-refractivity contribution < 1.29 is 9.53 Å². The number of hydrogen-bond donors (Lipinski definition) is 1. The van der Waals surface area contributed by atoms with Gasteiger partial charge in [-0.25, -0.2) is 9.97 Å². The van der Waals surface area contributed by atoms with Crippen LogP contribution in [0, 0.1) is 0 Å². The lowest BCUT2D eigenvalue weighted by Crippen LogP contribution is -2.43. The van der Waals surface area contributed by atoms with E-state index in [-0.39, 0.29) is 11.9 Å². The molecule has 1 aromatic rings. The molecule has 26 heavy (non-hydrogen) atoms. The monoisotopic (exact) mass is 360 g/mol. The second kappa shape index (κ2) is 7.75. The molecule has 142 valence electrons. The standard InChI is InChI=1S/C18H28N6O2/c1-22-12-16(25)24(14-3-2-5-19-6-4-14)11-15-17(22)20-13-21-18(15)23-7-9-26-10-8-23/h13-14,19H,2-12H2,1H3. The number of hydrogen-bond acceptors (Lipinski definition) is 7. The lowest BCUT2D eigenvalue weighted by Gasteiger charge is -2.32. The lowest BCUT2D eigenvalue weighted by atomic mass is 10.1. The summed E-state index contributed by atoms with van der Waals surface area (Å²) < 4.78 is 5.49. The van der Waals surface area contributed by atoms with E-state index in [4.69, 9.17) is 4.74 Å². The highest BCUT2D eigenvalue weighted by Crippen LogP contribution is 2.31. The summed E-state index contributed by atoms with van der Waals surface area (Å²) in [6.07, 6.45) is 4.79. The van der Waals surface area contributed by atoms with Crippen LogP contribution in [-0.2, 0) is 16.1 Å². The zero-order valence-electron chi connectivity index (χ0n) is 15.5. The number of morpholine rings is 1. The molecule has 0 aromatic carbocycles. The van der Waals surface area contributed by atoms with Crippen molar-refractivity contribution in [3.63, 3.8) is 0 Å². The molecule has 3 aliphatic rings. The maximum atomic E-state index is 13.0. The van der Waals surface area contributed by atoms with E-state index < -0.39 is 0 Å². The minimum Gasteiger partial charge on any atom is -0.378 e. The van der Waals surface area contributed by atoms with Crippen LogP contribution in [0.5, 0.6) is 0 Å². The molecule has 1 unspecified atom stereocenters. The quantitative estimate of drug-likeness (QED) is 0.809. The minimum atomic E-state index is 0.185. The van der Waals surface area contributed by atoms with Crippen LogP contribution in [-0.4, -0.2) is 79.8 Å². The Kier molecular flexibility index (Phi) is 5.21. The van der Waals surface area contributed by atoms with Crippen molar-refractivity contribution in [3.05, 3.63) is 11.9 Å². The van der Waals surface area contributed by atoms with Crippen LogP contribution >= 0.6 is 0 Å². The first kappa shape index (κ1) is 17.5. The Hall–Kier alpha value is -1.93. The Balaban J connectivity index is 1.67. The van der Waals surface area contributed by atoms with Crippen molar-refractivity contribution in [2.45, 2.75) is 31.8 Å². The maximum absolute atomic E-state index is 13.0. The molecule has 0 bridgehead atoms. The van der Waals surface area contributed by atoms with Crippen LogP contribution in [0.1, 0.15) is 24.8 Å². The zero-order valence-corrected chi connectivity index (χ0v) is 15.5. The largest absolute Gasteiger partial charge is 0.378 e. The Morgan fingerprint density at radius 2 is 1.92 bits per heavy atom. The van der Waals surface area contributed by atoms with Gasteiger partial charge in [-0.05, 0) is 32.4 Å². The first-order valence-electron chi connectivity index (χ1n) is 9.62. The van der Waals surface area contributed by atoms with Gasteiger partial charge in [0, 0.05) is 26.2 Å². The number of nitrogens with zero attached hydrogens (tertiary/aromatic N) is 5. The fourth-order valence-electron chi connectivity index (χ4n) is 4.18. The molecule has 4 rings (SSSR count). The van der Waals surface area contributed by atoms with E-state index in [0.29, 0.717) is 26.3 Å². The molecule has 0 spiro atoms. The molecule has 1 atom stereocenters. The summed E-state index contributed by atoms with van der Waals surface area (Å²) in [6, 6.07) is 0.287. The van der Waals surface area contributed by atoms with Crippen molar-refractivity contribution in [2.75, 3.05) is 62.8 Å². The molecule has 1 amide bonds. The van der Waals surface area contributed by atoms with Gasteiger partial charge in [0.25, 0.3) is 0 Å². The molecule has 8 heteroatoms. The summed E-state index contributed by atoms with van der Waals surface area (Å²) in [5.74, 6) is 2.02. The van der Waals surface area contributed by atoms with Crippen molar-refractivity contribution in [1.29, 1.82) is 0 Å². The summed E-state index contributed by atoms with van der Waals surface area (Å²) in [6.45, 7) is 6.06. The predicted octanol–water partition coefficient (Wildman–Crippen LogP) is 0.234. The van der Waals surface area contributed by atoms with E-state index in [1.807, 2.05) is 11.9 Å². The molecule has 0 aliphatic carbocycles. The number of aromatic nitrogens is 2. The molecule has 1 N–H and O–H groups in total. The van der Waals surface area contributed by atoms with Gasteiger partial charge in [0.2, 0.25) is 5.91 Å². The Labute approximate surface area is 154 Å². The van der Waals surface area contributed by atoms with Gasteiger partial charge >= 0.3 is 0 Å². The number of carbonyl (C=O) groups is 1. The zero-order chi connectivity index (χ0) is 17.9. The Bertz CT molecular complexity index is 641. The third-order valence-electron chi connectivity index (χ3n) is 5.58. The Morgan fingerprint density at radius 1 is 1.12 bits per heavy atom. The molecule has 4 heterocycles. The van der Waals surface area contributed by atoms with Gasteiger partial charge in [-0.15, -0.1) is 0 Å². The maximum Gasteiger partial charge on any atom is 0.242 e. The van der Waals surface area contributed by atoms with Gasteiger partial charge in [-0.3, -0.25) is 4.79 Å². The average Bonchev–Trinajstić information content (AvgIpc) is 3.01. The van der Waals surface area contributed by atoms with E-state index in [2.05, 4.69) is 25.1 Å². The van der Waals surface area contributed by atoms with E-state index in [0.717, 1.165) is 62.6 Å². The number of fused-ring (bicyclic) bond motifs is 1. The fourth-order valence-corrected chi connectivity index (χ4v) is 4.18. The normalized spacial score (nSPS) is 24.9. The number of likely N-dealkylation sites (N-methyl/N-ethyl adjacent to an activating group) is 1. The first-order chi connectivity index (χ1) is 12.7. The van der Waals surface area contributed by atoms with E-state index in [1.54, 1.807) is 6.33 Å². The average molecular weight is 360 g/mol. The number of ether oxygens (including phenoxy) is 1. The van der Waals surface area contributed by atoms with Crippen molar-refractivity contribution in [2.24, 2.45) is 0 Å². The van der Waals surface area contributed by atoms with Crippen molar-refractivity contribution >= 4 is 17.5 Å². The number of anilines is 2. The molecule has 0 radical (unpaired) electrons. The van der Waals surface area contributed by atoms with Gasteiger partial charge in [-0.1, -0.05) is 0 Å².